The minimum atomic E-state index is -4.25. The van der Waals surface area contributed by atoms with Crippen LogP contribution in [0.15, 0.2) is 47.4 Å². The predicted octanol–water partition coefficient (Wildman–Crippen LogP) is 3.77. The van der Waals surface area contributed by atoms with Gasteiger partial charge in [0, 0.05) is 0 Å². The van der Waals surface area contributed by atoms with Crippen LogP contribution in [0.2, 0.25) is 5.02 Å². The number of carbonyl (C=O) groups is 1. The molecule has 0 amide bonds. The average Bonchev–Trinajstić information content (AvgIpc) is 2.55. The summed E-state index contributed by atoms with van der Waals surface area (Å²) in [5.74, 6) is -2.15. The molecule has 0 heterocycles. The first kappa shape index (κ1) is 20.1. The van der Waals surface area contributed by atoms with Crippen LogP contribution in [0.1, 0.15) is 13.8 Å². The van der Waals surface area contributed by atoms with Crippen LogP contribution in [-0.4, -0.2) is 27.0 Å². The van der Waals surface area contributed by atoms with Crippen molar-refractivity contribution in [3.8, 4) is 0 Å². The van der Waals surface area contributed by atoms with Crippen molar-refractivity contribution in [2.45, 2.75) is 24.8 Å². The van der Waals surface area contributed by atoms with Gasteiger partial charge in [0.1, 0.15) is 18.2 Å². The van der Waals surface area contributed by atoms with E-state index in [4.69, 9.17) is 16.3 Å². The van der Waals surface area contributed by atoms with Crippen LogP contribution in [0.3, 0.4) is 0 Å². The van der Waals surface area contributed by atoms with Gasteiger partial charge in [0.05, 0.1) is 21.7 Å². The molecule has 0 radical (unpaired) electrons. The largest absolute Gasteiger partial charge is 0.462 e. The summed E-state index contributed by atoms with van der Waals surface area (Å²) in [4.78, 5) is 11.8. The van der Waals surface area contributed by atoms with Gasteiger partial charge >= 0.3 is 5.97 Å². The summed E-state index contributed by atoms with van der Waals surface area (Å²) in [5.41, 5.74) is -0.0265. The molecule has 0 aliphatic rings. The zero-order chi connectivity index (χ0) is 19.5. The number of ether oxygens (including phenoxy) is 1. The van der Waals surface area contributed by atoms with Crippen molar-refractivity contribution in [2.24, 2.45) is 0 Å². The van der Waals surface area contributed by atoms with Crippen molar-refractivity contribution >= 4 is 33.3 Å². The molecule has 26 heavy (non-hydrogen) atoms. The zero-order valence-corrected chi connectivity index (χ0v) is 15.5. The highest BCUT2D eigenvalue weighted by molar-refractivity contribution is 7.92. The molecule has 2 rings (SSSR count). The van der Waals surface area contributed by atoms with E-state index >= 15 is 0 Å². The standard InChI is InChI=1S/C17H16ClF2NO4S/c1-11(2)25-17(22)10-21(13-5-8-16(20)15(18)9-13)26(23,24)14-6-3-12(19)4-7-14/h3-9,11H,10H2,1-2H3. The van der Waals surface area contributed by atoms with E-state index in [1.807, 2.05) is 0 Å². The summed E-state index contributed by atoms with van der Waals surface area (Å²) in [6.07, 6.45) is -0.449. The highest BCUT2D eigenvalue weighted by Crippen LogP contribution is 2.28. The Balaban J connectivity index is 2.49. The number of carbonyl (C=O) groups excluding carboxylic acids is 1. The molecule has 0 aliphatic carbocycles. The monoisotopic (exact) mass is 403 g/mol. The molecule has 0 N–H and O–H groups in total. The molecule has 0 atom stereocenters. The smallest absolute Gasteiger partial charge is 0.327 e. The van der Waals surface area contributed by atoms with Crippen LogP contribution in [0.5, 0.6) is 0 Å². The molecule has 0 fully saturated rings. The lowest BCUT2D eigenvalue weighted by molar-refractivity contribution is -0.145. The molecular weight excluding hydrogens is 388 g/mol. The number of hydrogen-bond donors (Lipinski definition) is 0. The van der Waals surface area contributed by atoms with Gasteiger partial charge in [0.25, 0.3) is 10.0 Å². The zero-order valence-electron chi connectivity index (χ0n) is 13.9. The Labute approximate surface area is 155 Å². The van der Waals surface area contributed by atoms with Crippen molar-refractivity contribution in [3.63, 3.8) is 0 Å². The minimum absolute atomic E-state index is 0.0265. The maximum Gasteiger partial charge on any atom is 0.327 e. The Bertz CT molecular complexity index is 901. The molecule has 0 spiro atoms. The molecular formula is C17H16ClF2NO4S. The van der Waals surface area contributed by atoms with Crippen LogP contribution >= 0.6 is 11.6 Å². The number of rotatable bonds is 6. The first-order chi connectivity index (χ1) is 12.1. The van der Waals surface area contributed by atoms with Crippen LogP contribution < -0.4 is 4.31 Å². The number of nitrogens with zero attached hydrogens (tertiary/aromatic N) is 1. The number of anilines is 1. The van der Waals surface area contributed by atoms with Gasteiger partial charge in [0.15, 0.2) is 0 Å². The lowest BCUT2D eigenvalue weighted by Crippen LogP contribution is -2.37. The van der Waals surface area contributed by atoms with E-state index in [-0.39, 0.29) is 15.6 Å². The van der Waals surface area contributed by atoms with Crippen molar-refractivity contribution in [3.05, 3.63) is 59.1 Å². The highest BCUT2D eigenvalue weighted by atomic mass is 35.5. The third-order valence-corrected chi connectivity index (χ3v) is 5.31. The first-order valence-electron chi connectivity index (χ1n) is 7.54. The summed E-state index contributed by atoms with van der Waals surface area (Å²) < 4.78 is 58.1. The highest BCUT2D eigenvalue weighted by Gasteiger charge is 2.28. The van der Waals surface area contributed by atoms with Crippen LogP contribution in [0, 0.1) is 11.6 Å². The van der Waals surface area contributed by atoms with Gasteiger partial charge < -0.3 is 4.74 Å². The van der Waals surface area contributed by atoms with Gasteiger partial charge in [-0.2, -0.15) is 0 Å². The van der Waals surface area contributed by atoms with Crippen LogP contribution in [-0.2, 0) is 19.6 Å². The lowest BCUT2D eigenvalue weighted by Gasteiger charge is -2.24. The Hall–Kier alpha value is -2.19. The number of benzene rings is 2. The van der Waals surface area contributed by atoms with Gasteiger partial charge in [0.2, 0.25) is 0 Å². The summed E-state index contributed by atoms with van der Waals surface area (Å²) in [5, 5.41) is -0.306. The van der Waals surface area contributed by atoms with E-state index in [1.54, 1.807) is 13.8 Å². The van der Waals surface area contributed by atoms with Crippen molar-refractivity contribution in [1.29, 1.82) is 0 Å². The van der Waals surface area contributed by atoms with Gasteiger partial charge in [-0.05, 0) is 56.3 Å². The summed E-state index contributed by atoms with van der Waals surface area (Å²) >= 11 is 5.73. The van der Waals surface area contributed by atoms with Crippen LogP contribution in [0.25, 0.3) is 0 Å². The van der Waals surface area contributed by atoms with Gasteiger partial charge in [-0.3, -0.25) is 9.10 Å². The van der Waals surface area contributed by atoms with E-state index in [2.05, 4.69) is 0 Å². The number of sulfonamides is 1. The maximum atomic E-state index is 13.4. The molecule has 0 unspecified atom stereocenters. The van der Waals surface area contributed by atoms with Gasteiger partial charge in [-0.1, -0.05) is 11.6 Å². The number of esters is 1. The Morgan fingerprint density at radius 2 is 1.77 bits per heavy atom. The molecule has 140 valence electrons. The Morgan fingerprint density at radius 3 is 2.31 bits per heavy atom. The molecule has 5 nitrogen and oxygen atoms in total. The maximum absolute atomic E-state index is 13.4. The number of hydrogen-bond acceptors (Lipinski definition) is 4. The van der Waals surface area contributed by atoms with Crippen molar-refractivity contribution < 1.29 is 26.7 Å². The fourth-order valence-electron chi connectivity index (χ4n) is 2.11. The molecule has 2 aromatic rings. The molecule has 0 bridgehead atoms. The second-order valence-corrected chi connectivity index (χ2v) is 7.87. The predicted molar refractivity (Wildman–Crippen MR) is 93.6 cm³/mol. The summed E-state index contributed by atoms with van der Waals surface area (Å²) in [7, 11) is -4.25. The summed E-state index contributed by atoms with van der Waals surface area (Å²) in [6, 6.07) is 7.33. The van der Waals surface area contributed by atoms with Gasteiger partial charge in [-0.15, -0.1) is 0 Å². The second kappa shape index (κ2) is 8.01. The summed E-state index contributed by atoms with van der Waals surface area (Å²) in [6.45, 7) is 2.58. The SMILES string of the molecule is CC(C)OC(=O)CN(c1ccc(F)c(Cl)c1)S(=O)(=O)c1ccc(F)cc1. The average molecular weight is 404 g/mol. The molecule has 0 aliphatic heterocycles. The van der Waals surface area contributed by atoms with E-state index in [1.165, 1.54) is 6.07 Å². The minimum Gasteiger partial charge on any atom is -0.462 e. The first-order valence-corrected chi connectivity index (χ1v) is 9.36. The van der Waals surface area contributed by atoms with Crippen LogP contribution in [0.4, 0.5) is 14.5 Å². The second-order valence-electron chi connectivity index (χ2n) is 5.60. The van der Waals surface area contributed by atoms with E-state index < -0.39 is 40.3 Å². The normalized spacial score (nSPS) is 11.5. The fourth-order valence-corrected chi connectivity index (χ4v) is 3.68. The fraction of sp³-hybridized carbons (Fsp3) is 0.235. The lowest BCUT2D eigenvalue weighted by atomic mass is 10.3. The molecule has 9 heteroatoms. The van der Waals surface area contributed by atoms with Crippen molar-refractivity contribution in [2.75, 3.05) is 10.8 Å². The number of halogens is 3. The molecule has 0 saturated carbocycles. The van der Waals surface area contributed by atoms with Gasteiger partial charge in [-0.25, -0.2) is 17.2 Å². The quantitative estimate of drug-likeness (QED) is 0.689. The Morgan fingerprint density at radius 1 is 1.15 bits per heavy atom. The van der Waals surface area contributed by atoms with E-state index in [9.17, 15) is 22.0 Å². The van der Waals surface area contributed by atoms with Crippen molar-refractivity contribution in [1.82, 2.24) is 0 Å². The third kappa shape index (κ3) is 4.70. The molecule has 0 aromatic heterocycles. The Kier molecular flexibility index (Phi) is 6.20. The third-order valence-electron chi connectivity index (χ3n) is 3.23. The molecule has 2 aromatic carbocycles. The topological polar surface area (TPSA) is 63.7 Å². The van der Waals surface area contributed by atoms with E-state index in [0.717, 1.165) is 40.7 Å². The molecule has 0 saturated heterocycles. The van der Waals surface area contributed by atoms with E-state index in [0.29, 0.717) is 0 Å².